The molecule has 4 nitrogen and oxygen atoms in total. The van der Waals surface area contributed by atoms with E-state index in [-0.39, 0.29) is 12.4 Å². The Kier molecular flexibility index (Phi) is 3.75. The van der Waals surface area contributed by atoms with Crippen LogP contribution in [0.5, 0.6) is 5.75 Å². The predicted molar refractivity (Wildman–Crippen MR) is 60.4 cm³/mol. The summed E-state index contributed by atoms with van der Waals surface area (Å²) in [4.78, 5) is 3.94. The van der Waals surface area contributed by atoms with Gasteiger partial charge in [0.05, 0.1) is 18.6 Å². The number of nitrogens with zero attached hydrogens (tertiary/aromatic N) is 2. The summed E-state index contributed by atoms with van der Waals surface area (Å²) in [6.07, 6.45) is -1.46. The molecule has 1 heterocycles. The van der Waals surface area contributed by atoms with Crippen molar-refractivity contribution >= 4 is 0 Å². The smallest absolute Gasteiger partial charge is 0.406 e. The number of alkyl halides is 3. The van der Waals surface area contributed by atoms with Crippen LogP contribution in [0.15, 0.2) is 36.8 Å². The van der Waals surface area contributed by atoms with Crippen LogP contribution in [0, 0.1) is 0 Å². The Balaban J connectivity index is 2.02. The van der Waals surface area contributed by atoms with Gasteiger partial charge in [-0.15, -0.1) is 13.2 Å². The van der Waals surface area contributed by atoms with Gasteiger partial charge in [0.2, 0.25) is 0 Å². The molecule has 0 unspecified atom stereocenters. The minimum atomic E-state index is -4.68. The van der Waals surface area contributed by atoms with Gasteiger partial charge in [-0.2, -0.15) is 0 Å². The second kappa shape index (κ2) is 5.31. The highest BCUT2D eigenvalue weighted by atomic mass is 19.4. The van der Waals surface area contributed by atoms with Crippen LogP contribution < -0.4 is 4.74 Å². The first kappa shape index (κ1) is 13.4. The molecule has 0 aliphatic heterocycles. The molecule has 2 rings (SSSR count). The summed E-state index contributed by atoms with van der Waals surface area (Å²) in [7, 11) is 0. The summed E-state index contributed by atoms with van der Waals surface area (Å²) in [5.74, 6) is -0.252. The molecule has 1 aromatic heterocycles. The molecule has 0 amide bonds. The summed E-state index contributed by atoms with van der Waals surface area (Å²) in [5.41, 5.74) is 1.34. The normalized spacial score (nSPS) is 11.6. The fourth-order valence-electron chi connectivity index (χ4n) is 1.58. The Morgan fingerprint density at radius 3 is 2.42 bits per heavy atom. The Labute approximate surface area is 107 Å². The third kappa shape index (κ3) is 3.99. The van der Waals surface area contributed by atoms with Crippen molar-refractivity contribution in [2.75, 3.05) is 0 Å². The second-order valence-corrected chi connectivity index (χ2v) is 3.89. The molecule has 0 spiro atoms. The van der Waals surface area contributed by atoms with Crippen LogP contribution in [0.3, 0.4) is 0 Å². The van der Waals surface area contributed by atoms with E-state index in [9.17, 15) is 13.2 Å². The van der Waals surface area contributed by atoms with Crippen LogP contribution in [0.4, 0.5) is 13.2 Å². The molecule has 0 saturated heterocycles. The first-order chi connectivity index (χ1) is 8.96. The van der Waals surface area contributed by atoms with Crippen molar-refractivity contribution in [2.24, 2.45) is 0 Å². The van der Waals surface area contributed by atoms with Gasteiger partial charge in [0.15, 0.2) is 0 Å². The third-order valence-electron chi connectivity index (χ3n) is 2.37. The van der Waals surface area contributed by atoms with E-state index in [0.717, 1.165) is 5.56 Å². The number of rotatable bonds is 4. The lowest BCUT2D eigenvalue weighted by atomic mass is 10.2. The average molecular weight is 272 g/mol. The van der Waals surface area contributed by atoms with Gasteiger partial charge in [-0.3, -0.25) is 0 Å². The maximum Gasteiger partial charge on any atom is 0.573 e. The van der Waals surface area contributed by atoms with E-state index in [4.69, 9.17) is 5.11 Å². The largest absolute Gasteiger partial charge is 0.573 e. The van der Waals surface area contributed by atoms with E-state index in [2.05, 4.69) is 9.72 Å². The first-order valence-electron chi connectivity index (χ1n) is 5.42. The van der Waals surface area contributed by atoms with Crippen LogP contribution >= 0.6 is 0 Å². The van der Waals surface area contributed by atoms with Crippen LogP contribution in [0.1, 0.15) is 11.3 Å². The van der Waals surface area contributed by atoms with Crippen LogP contribution in [-0.4, -0.2) is 21.0 Å². The number of aliphatic hydroxyl groups is 1. The lowest BCUT2D eigenvalue weighted by Gasteiger charge is -2.09. The molecule has 7 heteroatoms. The van der Waals surface area contributed by atoms with Crippen molar-refractivity contribution in [1.82, 2.24) is 9.55 Å². The number of aliphatic hydroxyl groups excluding tert-OH is 1. The first-order valence-corrected chi connectivity index (χ1v) is 5.42. The summed E-state index contributed by atoms with van der Waals surface area (Å²) < 4.78 is 41.4. The van der Waals surface area contributed by atoms with Crippen LogP contribution in [0.2, 0.25) is 0 Å². The quantitative estimate of drug-likeness (QED) is 0.929. The summed E-state index contributed by atoms with van der Waals surface area (Å²) in [6, 6.07) is 5.60. The predicted octanol–water partition coefficient (Wildman–Crippen LogP) is 2.32. The van der Waals surface area contributed by atoms with Gasteiger partial charge in [-0.25, -0.2) is 4.98 Å². The van der Waals surface area contributed by atoms with Gasteiger partial charge in [-0.1, -0.05) is 12.1 Å². The highest BCUT2D eigenvalue weighted by Crippen LogP contribution is 2.22. The van der Waals surface area contributed by atoms with Crippen LogP contribution in [-0.2, 0) is 13.2 Å². The topological polar surface area (TPSA) is 47.3 Å². The summed E-state index contributed by atoms with van der Waals surface area (Å²) >= 11 is 0. The molecular weight excluding hydrogens is 261 g/mol. The van der Waals surface area contributed by atoms with E-state index >= 15 is 0 Å². The van der Waals surface area contributed by atoms with Crippen molar-refractivity contribution in [3.8, 4) is 5.75 Å². The second-order valence-electron chi connectivity index (χ2n) is 3.89. The molecule has 2 aromatic rings. The van der Waals surface area contributed by atoms with Gasteiger partial charge >= 0.3 is 6.36 Å². The highest BCUT2D eigenvalue weighted by Gasteiger charge is 2.30. The Morgan fingerprint density at radius 1 is 1.21 bits per heavy atom. The zero-order chi connectivity index (χ0) is 13.9. The fraction of sp³-hybridized carbons (Fsp3) is 0.250. The van der Waals surface area contributed by atoms with Crippen molar-refractivity contribution in [2.45, 2.75) is 19.5 Å². The Morgan fingerprint density at radius 2 is 1.89 bits per heavy atom. The van der Waals surface area contributed by atoms with Gasteiger partial charge in [0.1, 0.15) is 5.75 Å². The lowest BCUT2D eigenvalue weighted by Crippen LogP contribution is -2.17. The summed E-state index contributed by atoms with van der Waals surface area (Å²) in [5, 5.41) is 8.86. The minimum absolute atomic E-state index is 0.147. The standard InChI is InChI=1S/C12H11F3N2O2/c13-12(14,15)19-11-3-1-9(2-4-11)5-17-6-10(7-18)16-8-17/h1-4,6,8,18H,5,7H2. The monoisotopic (exact) mass is 272 g/mol. The number of benzene rings is 1. The number of hydrogen-bond donors (Lipinski definition) is 1. The maximum absolute atomic E-state index is 12.0. The molecule has 0 fully saturated rings. The van der Waals surface area contributed by atoms with Crippen molar-refractivity contribution in [3.63, 3.8) is 0 Å². The molecule has 1 N–H and O–H groups in total. The van der Waals surface area contributed by atoms with Gasteiger partial charge < -0.3 is 14.4 Å². The van der Waals surface area contributed by atoms with Crippen molar-refractivity contribution < 1.29 is 23.0 Å². The third-order valence-corrected chi connectivity index (χ3v) is 2.37. The fourth-order valence-corrected chi connectivity index (χ4v) is 1.58. The number of ether oxygens (including phenoxy) is 1. The molecule has 0 atom stereocenters. The van der Waals surface area contributed by atoms with E-state index in [1.54, 1.807) is 29.2 Å². The summed E-state index contributed by atoms with van der Waals surface area (Å²) in [6.45, 7) is 0.310. The Hall–Kier alpha value is -2.02. The zero-order valence-corrected chi connectivity index (χ0v) is 9.76. The number of hydrogen-bond acceptors (Lipinski definition) is 3. The number of imidazole rings is 1. The highest BCUT2D eigenvalue weighted by molar-refractivity contribution is 5.27. The SMILES string of the molecule is OCc1cn(Cc2ccc(OC(F)(F)F)cc2)cn1. The van der Waals surface area contributed by atoms with E-state index < -0.39 is 6.36 Å². The van der Waals surface area contributed by atoms with E-state index in [0.29, 0.717) is 12.2 Å². The van der Waals surface area contributed by atoms with Gasteiger partial charge in [0, 0.05) is 12.7 Å². The molecular formula is C12H11F3N2O2. The number of aromatic nitrogens is 2. The molecule has 0 saturated carbocycles. The average Bonchev–Trinajstić information content (AvgIpc) is 2.77. The lowest BCUT2D eigenvalue weighted by molar-refractivity contribution is -0.274. The Bertz CT molecular complexity index is 535. The molecule has 0 aliphatic carbocycles. The number of halogens is 3. The minimum Gasteiger partial charge on any atom is -0.406 e. The molecule has 1 aromatic carbocycles. The molecule has 0 radical (unpaired) electrons. The zero-order valence-electron chi connectivity index (χ0n) is 9.76. The van der Waals surface area contributed by atoms with Crippen molar-refractivity contribution in [1.29, 1.82) is 0 Å². The molecule has 102 valence electrons. The molecule has 0 bridgehead atoms. The van der Waals surface area contributed by atoms with Crippen LogP contribution in [0.25, 0.3) is 0 Å². The molecule has 19 heavy (non-hydrogen) atoms. The van der Waals surface area contributed by atoms with Gasteiger partial charge in [0.25, 0.3) is 0 Å². The van der Waals surface area contributed by atoms with E-state index in [1.807, 2.05) is 0 Å². The van der Waals surface area contributed by atoms with Gasteiger partial charge in [-0.05, 0) is 17.7 Å². The molecule has 0 aliphatic rings. The van der Waals surface area contributed by atoms with Crippen molar-refractivity contribution in [3.05, 3.63) is 48.0 Å². The van der Waals surface area contributed by atoms with E-state index in [1.165, 1.54) is 12.1 Å². The maximum atomic E-state index is 12.0.